The molecule has 1 saturated heterocycles. The topological polar surface area (TPSA) is 61.8 Å². The second kappa shape index (κ2) is 12.3. The lowest BCUT2D eigenvalue weighted by Gasteiger charge is -2.34. The van der Waals surface area contributed by atoms with Crippen molar-refractivity contribution in [3.05, 3.63) is 64.5 Å². The predicted molar refractivity (Wildman–Crippen MR) is 139 cm³/mol. The van der Waals surface area contributed by atoms with Crippen LogP contribution in [-0.4, -0.2) is 55.2 Å². The number of aliphatic imine (C=N–C) groups is 1. The second-order valence-electron chi connectivity index (χ2n) is 7.24. The number of hydrogen-bond acceptors (Lipinski definition) is 5. The highest BCUT2D eigenvalue weighted by atomic mass is 127. The molecule has 1 aliphatic heterocycles. The maximum absolute atomic E-state index is 5.55. The Morgan fingerprint density at radius 3 is 2.77 bits per heavy atom. The summed E-state index contributed by atoms with van der Waals surface area (Å²) in [5.74, 6) is 0.841. The molecule has 0 amide bonds. The number of ether oxygens (including phenoxy) is 1. The molecule has 31 heavy (non-hydrogen) atoms. The Morgan fingerprint density at radius 2 is 2.00 bits per heavy atom. The lowest BCUT2D eigenvalue weighted by atomic mass is 10.1. The Balaban J connectivity index is 0.00000272. The molecule has 1 aliphatic rings. The minimum atomic E-state index is 0. The molecular weight excluding hydrogens is 521 g/mol. The van der Waals surface area contributed by atoms with Crippen LogP contribution >= 0.6 is 35.3 Å². The number of para-hydroxylation sites is 1. The number of thiophene rings is 1. The van der Waals surface area contributed by atoms with Gasteiger partial charge in [0.25, 0.3) is 0 Å². The van der Waals surface area contributed by atoms with Gasteiger partial charge in [0.05, 0.1) is 31.3 Å². The molecule has 0 spiro atoms. The quantitative estimate of drug-likeness (QED) is 0.264. The molecule has 1 aromatic carbocycles. The number of morpholine rings is 1. The van der Waals surface area contributed by atoms with E-state index in [1.54, 1.807) is 0 Å². The molecule has 0 radical (unpaired) electrons. The van der Waals surface area contributed by atoms with Crippen molar-refractivity contribution in [1.29, 1.82) is 0 Å². The fourth-order valence-electron chi connectivity index (χ4n) is 3.77. The Bertz CT molecular complexity index is 954. The highest BCUT2D eigenvalue weighted by molar-refractivity contribution is 14.0. The van der Waals surface area contributed by atoms with E-state index >= 15 is 0 Å². The predicted octanol–water partition coefficient (Wildman–Crippen LogP) is 4.04. The molecule has 1 atom stereocenters. The zero-order chi connectivity index (χ0) is 20.6. The number of aromatic nitrogens is 1. The monoisotopic (exact) mass is 551 g/mol. The lowest BCUT2D eigenvalue weighted by Crippen LogP contribution is -2.46. The third-order valence-electron chi connectivity index (χ3n) is 5.31. The maximum atomic E-state index is 5.55. The highest BCUT2D eigenvalue weighted by Gasteiger charge is 2.23. The van der Waals surface area contributed by atoms with Gasteiger partial charge in [-0.3, -0.25) is 9.88 Å². The summed E-state index contributed by atoms with van der Waals surface area (Å²) >= 11 is 1.81. The van der Waals surface area contributed by atoms with Crippen LogP contribution in [0.5, 0.6) is 0 Å². The van der Waals surface area contributed by atoms with Gasteiger partial charge >= 0.3 is 0 Å². The Morgan fingerprint density at radius 1 is 1.16 bits per heavy atom. The molecule has 3 aromatic rings. The van der Waals surface area contributed by atoms with Crippen molar-refractivity contribution in [3.63, 3.8) is 0 Å². The van der Waals surface area contributed by atoms with Crippen LogP contribution in [0.25, 0.3) is 10.9 Å². The fourth-order valence-corrected chi connectivity index (χ4v) is 4.63. The lowest BCUT2D eigenvalue weighted by molar-refractivity contribution is 0.0177. The third kappa shape index (κ3) is 6.38. The van der Waals surface area contributed by atoms with E-state index in [2.05, 4.69) is 63.2 Å². The Labute approximate surface area is 205 Å². The summed E-state index contributed by atoms with van der Waals surface area (Å²) in [5, 5.41) is 10.3. The number of benzene rings is 1. The molecule has 3 heterocycles. The number of nitrogens with one attached hydrogen (secondary N) is 2. The number of hydrogen-bond donors (Lipinski definition) is 2. The molecule has 1 fully saturated rings. The number of fused-ring (bicyclic) bond motifs is 1. The van der Waals surface area contributed by atoms with E-state index in [1.165, 1.54) is 10.4 Å². The van der Waals surface area contributed by atoms with Gasteiger partial charge < -0.3 is 15.4 Å². The van der Waals surface area contributed by atoms with Gasteiger partial charge in [0.1, 0.15) is 0 Å². The van der Waals surface area contributed by atoms with Crippen LogP contribution in [-0.2, 0) is 11.3 Å². The average molecular weight is 551 g/mol. The smallest absolute Gasteiger partial charge is 0.191 e. The molecule has 2 aromatic heterocycles. The van der Waals surface area contributed by atoms with Gasteiger partial charge in [-0.25, -0.2) is 4.99 Å². The van der Waals surface area contributed by atoms with Crippen molar-refractivity contribution in [3.8, 4) is 0 Å². The summed E-state index contributed by atoms with van der Waals surface area (Å²) < 4.78 is 5.55. The number of halogens is 1. The first kappa shape index (κ1) is 23.9. The zero-order valence-electron chi connectivity index (χ0n) is 17.8. The van der Waals surface area contributed by atoms with E-state index in [0.717, 1.165) is 56.3 Å². The molecule has 0 aliphatic carbocycles. The standard InChI is InChI=1S/C23H29N5OS.HI/c1-2-24-23(26-16-18-9-10-25-20-7-4-3-6-19(18)20)27-17-21(22-8-5-15-30-22)28-11-13-29-14-12-28;/h3-10,15,21H,2,11-14,16-17H2,1H3,(H2,24,26,27);1H. The van der Waals surface area contributed by atoms with Crippen LogP contribution in [0.4, 0.5) is 0 Å². The summed E-state index contributed by atoms with van der Waals surface area (Å²) in [4.78, 5) is 13.2. The molecule has 8 heteroatoms. The van der Waals surface area contributed by atoms with Gasteiger partial charge in [-0.15, -0.1) is 35.3 Å². The first-order valence-electron chi connectivity index (χ1n) is 10.5. The van der Waals surface area contributed by atoms with Crippen LogP contribution in [0.3, 0.4) is 0 Å². The number of pyridine rings is 1. The first-order chi connectivity index (χ1) is 14.8. The van der Waals surface area contributed by atoms with Crippen molar-refractivity contribution < 1.29 is 4.74 Å². The molecular formula is C23H30IN5OS. The van der Waals surface area contributed by atoms with Crippen LogP contribution in [0.15, 0.2) is 59.0 Å². The molecule has 4 rings (SSSR count). The van der Waals surface area contributed by atoms with Crippen molar-refractivity contribution in [2.45, 2.75) is 19.5 Å². The molecule has 6 nitrogen and oxygen atoms in total. The Hall–Kier alpha value is -1.75. The van der Waals surface area contributed by atoms with Gasteiger partial charge in [-0.1, -0.05) is 24.3 Å². The molecule has 2 N–H and O–H groups in total. The van der Waals surface area contributed by atoms with Crippen molar-refractivity contribution >= 4 is 52.2 Å². The minimum absolute atomic E-state index is 0. The molecule has 0 bridgehead atoms. The third-order valence-corrected chi connectivity index (χ3v) is 6.29. The SMILES string of the molecule is CCNC(=NCc1ccnc2ccccc12)NCC(c1cccs1)N1CCOCC1.I. The number of guanidine groups is 1. The van der Waals surface area contributed by atoms with Crippen LogP contribution in [0, 0.1) is 0 Å². The van der Waals surface area contributed by atoms with Gasteiger partial charge in [0.2, 0.25) is 0 Å². The molecule has 166 valence electrons. The van der Waals surface area contributed by atoms with Crippen LogP contribution in [0.1, 0.15) is 23.4 Å². The van der Waals surface area contributed by atoms with Crippen LogP contribution in [0.2, 0.25) is 0 Å². The zero-order valence-corrected chi connectivity index (χ0v) is 20.9. The van der Waals surface area contributed by atoms with Gasteiger partial charge in [-0.2, -0.15) is 0 Å². The van der Waals surface area contributed by atoms with E-state index in [-0.39, 0.29) is 24.0 Å². The normalized spacial score (nSPS) is 16.0. The Kier molecular flexibility index (Phi) is 9.51. The summed E-state index contributed by atoms with van der Waals surface area (Å²) in [6.07, 6.45) is 1.86. The molecule has 1 unspecified atom stereocenters. The summed E-state index contributed by atoms with van der Waals surface area (Å²) in [6, 6.07) is 14.9. The van der Waals surface area contributed by atoms with Crippen LogP contribution < -0.4 is 10.6 Å². The van der Waals surface area contributed by atoms with E-state index in [0.29, 0.717) is 12.6 Å². The highest BCUT2D eigenvalue weighted by Crippen LogP contribution is 2.25. The van der Waals surface area contributed by atoms with Gasteiger partial charge in [0.15, 0.2) is 5.96 Å². The number of nitrogens with zero attached hydrogens (tertiary/aromatic N) is 3. The van der Waals surface area contributed by atoms with Crippen molar-refractivity contribution in [2.24, 2.45) is 4.99 Å². The summed E-state index contributed by atoms with van der Waals surface area (Å²) in [7, 11) is 0. The van der Waals surface area contributed by atoms with E-state index in [1.807, 2.05) is 29.7 Å². The van der Waals surface area contributed by atoms with Gasteiger partial charge in [-0.05, 0) is 36.1 Å². The number of rotatable bonds is 7. The second-order valence-corrected chi connectivity index (χ2v) is 8.22. The van der Waals surface area contributed by atoms with E-state index in [4.69, 9.17) is 9.73 Å². The van der Waals surface area contributed by atoms with Crippen molar-refractivity contribution in [2.75, 3.05) is 39.4 Å². The van der Waals surface area contributed by atoms with Gasteiger partial charge in [0, 0.05) is 42.6 Å². The summed E-state index contributed by atoms with van der Waals surface area (Å²) in [5.41, 5.74) is 2.19. The van der Waals surface area contributed by atoms with E-state index in [9.17, 15) is 0 Å². The van der Waals surface area contributed by atoms with Crippen molar-refractivity contribution in [1.82, 2.24) is 20.5 Å². The maximum Gasteiger partial charge on any atom is 0.191 e. The summed E-state index contributed by atoms with van der Waals surface area (Å²) in [6.45, 7) is 7.85. The average Bonchev–Trinajstić information content (AvgIpc) is 3.33. The fraction of sp³-hybridized carbons (Fsp3) is 0.391. The first-order valence-corrected chi connectivity index (χ1v) is 11.4. The minimum Gasteiger partial charge on any atom is -0.379 e. The van der Waals surface area contributed by atoms with E-state index < -0.39 is 0 Å². The largest absolute Gasteiger partial charge is 0.379 e. The molecule has 0 saturated carbocycles.